The van der Waals surface area contributed by atoms with Crippen LogP contribution in [-0.2, 0) is 21.4 Å². The van der Waals surface area contributed by atoms with Gasteiger partial charge in [0.15, 0.2) is 0 Å². The van der Waals surface area contributed by atoms with Crippen LogP contribution in [0, 0.1) is 12.8 Å². The summed E-state index contributed by atoms with van der Waals surface area (Å²) in [6, 6.07) is 18.9. The van der Waals surface area contributed by atoms with Gasteiger partial charge in [-0.3, -0.25) is 14.4 Å². The maximum Gasteiger partial charge on any atom is 0.261 e. The highest BCUT2D eigenvalue weighted by Crippen LogP contribution is 2.26. The Morgan fingerprint density at radius 3 is 2.20 bits per heavy atom. The van der Waals surface area contributed by atoms with Gasteiger partial charge in [-0.05, 0) is 86.4 Å². The number of piperidine rings is 1. The van der Waals surface area contributed by atoms with E-state index in [0.717, 1.165) is 32.5 Å². The third-order valence-electron chi connectivity index (χ3n) is 6.16. The number of halogens is 2. The average molecular weight is 532 g/mol. The number of rotatable bonds is 7. The molecule has 4 rings (SSSR count). The topological polar surface area (TPSA) is 78.5 Å². The van der Waals surface area contributed by atoms with E-state index in [2.05, 4.69) is 40.1 Å². The summed E-state index contributed by atoms with van der Waals surface area (Å²) in [5.41, 5.74) is 3.43. The first-order chi connectivity index (χ1) is 16.7. The fraction of sp³-hybridized carbons (Fsp3) is 0.269. The van der Waals surface area contributed by atoms with Crippen LogP contribution < -0.4 is 10.0 Å². The Bertz CT molecular complexity index is 1290. The van der Waals surface area contributed by atoms with Crippen LogP contribution in [0.15, 0.2) is 71.6 Å². The van der Waals surface area contributed by atoms with Gasteiger partial charge in [-0.25, -0.2) is 8.42 Å². The van der Waals surface area contributed by atoms with Gasteiger partial charge in [0.05, 0.1) is 10.6 Å². The van der Waals surface area contributed by atoms with Crippen molar-refractivity contribution in [1.29, 1.82) is 0 Å². The zero-order valence-electron chi connectivity index (χ0n) is 19.3. The molecule has 0 saturated carbocycles. The SMILES string of the molecule is Cc1ccccc1CN1CCC(C(=O)Nc2ccc(S(=O)(=O)Nc3cc(Cl)cc(Cl)c3)cc2)CC1. The van der Waals surface area contributed by atoms with E-state index in [9.17, 15) is 13.2 Å². The molecule has 0 unspecified atom stereocenters. The Kier molecular flexibility index (Phi) is 8.02. The predicted octanol–water partition coefficient (Wildman–Crippen LogP) is 5.95. The van der Waals surface area contributed by atoms with E-state index in [1.807, 2.05) is 6.07 Å². The number of likely N-dealkylation sites (tertiary alicyclic amines) is 1. The monoisotopic (exact) mass is 531 g/mol. The molecule has 1 aliphatic rings. The molecule has 1 heterocycles. The zero-order chi connectivity index (χ0) is 25.0. The summed E-state index contributed by atoms with van der Waals surface area (Å²) in [5.74, 6) is -0.108. The summed E-state index contributed by atoms with van der Waals surface area (Å²) < 4.78 is 27.9. The number of nitrogens with zero attached hydrogens (tertiary/aromatic N) is 1. The molecule has 1 fully saturated rings. The Hall–Kier alpha value is -2.58. The van der Waals surface area contributed by atoms with Crippen LogP contribution in [0.2, 0.25) is 10.0 Å². The molecular formula is C26H27Cl2N3O3S. The normalized spacial score (nSPS) is 15.1. The molecule has 6 nitrogen and oxygen atoms in total. The van der Waals surface area contributed by atoms with Gasteiger partial charge in [0, 0.05) is 28.2 Å². The summed E-state index contributed by atoms with van der Waals surface area (Å²) in [6.07, 6.45) is 1.58. The highest BCUT2D eigenvalue weighted by Gasteiger charge is 2.25. The molecule has 0 aliphatic carbocycles. The molecule has 9 heteroatoms. The highest BCUT2D eigenvalue weighted by molar-refractivity contribution is 7.92. The van der Waals surface area contributed by atoms with Crippen LogP contribution >= 0.6 is 23.2 Å². The summed E-state index contributed by atoms with van der Waals surface area (Å²) in [7, 11) is -3.83. The van der Waals surface area contributed by atoms with Crippen molar-refractivity contribution in [2.24, 2.45) is 5.92 Å². The van der Waals surface area contributed by atoms with Gasteiger partial charge >= 0.3 is 0 Å². The van der Waals surface area contributed by atoms with Gasteiger partial charge in [-0.15, -0.1) is 0 Å². The van der Waals surface area contributed by atoms with Crippen molar-refractivity contribution in [2.45, 2.75) is 31.2 Å². The van der Waals surface area contributed by atoms with Crippen LogP contribution in [0.3, 0.4) is 0 Å². The number of benzene rings is 3. The number of anilines is 2. The van der Waals surface area contributed by atoms with Crippen molar-refractivity contribution in [1.82, 2.24) is 4.90 Å². The van der Waals surface area contributed by atoms with Crippen molar-refractivity contribution in [2.75, 3.05) is 23.1 Å². The number of carbonyl (C=O) groups excluding carboxylic acids is 1. The first-order valence-electron chi connectivity index (χ1n) is 11.4. The van der Waals surface area contributed by atoms with E-state index in [0.29, 0.717) is 15.7 Å². The van der Waals surface area contributed by atoms with E-state index in [1.165, 1.54) is 41.5 Å². The molecule has 1 aliphatic heterocycles. The van der Waals surface area contributed by atoms with Crippen molar-refractivity contribution in [3.63, 3.8) is 0 Å². The van der Waals surface area contributed by atoms with Gasteiger partial charge in [0.1, 0.15) is 0 Å². The quantitative estimate of drug-likeness (QED) is 0.394. The molecule has 1 amide bonds. The second kappa shape index (κ2) is 11.0. The fourth-order valence-corrected chi connectivity index (χ4v) is 5.74. The maximum absolute atomic E-state index is 12.8. The lowest BCUT2D eigenvalue weighted by Crippen LogP contribution is -2.37. The van der Waals surface area contributed by atoms with Gasteiger partial charge in [0.25, 0.3) is 10.0 Å². The lowest BCUT2D eigenvalue weighted by atomic mass is 9.95. The minimum atomic E-state index is -3.83. The molecule has 35 heavy (non-hydrogen) atoms. The molecule has 0 bridgehead atoms. The van der Waals surface area contributed by atoms with Crippen LogP contribution in [0.4, 0.5) is 11.4 Å². The third kappa shape index (κ3) is 6.76. The molecule has 2 N–H and O–H groups in total. The van der Waals surface area contributed by atoms with E-state index >= 15 is 0 Å². The first kappa shape index (κ1) is 25.5. The Morgan fingerprint density at radius 2 is 1.57 bits per heavy atom. The van der Waals surface area contributed by atoms with Gasteiger partial charge in [0.2, 0.25) is 5.91 Å². The van der Waals surface area contributed by atoms with Crippen LogP contribution in [0.25, 0.3) is 0 Å². The highest BCUT2D eigenvalue weighted by atomic mass is 35.5. The maximum atomic E-state index is 12.8. The largest absolute Gasteiger partial charge is 0.326 e. The number of hydrogen-bond donors (Lipinski definition) is 2. The molecule has 0 aromatic heterocycles. The number of nitrogens with one attached hydrogen (secondary N) is 2. The first-order valence-corrected chi connectivity index (χ1v) is 13.6. The van der Waals surface area contributed by atoms with E-state index in [1.54, 1.807) is 12.1 Å². The Labute approximate surface area is 216 Å². The minimum absolute atomic E-state index is 0.0390. The number of aryl methyl sites for hydroxylation is 1. The number of sulfonamides is 1. The Morgan fingerprint density at radius 1 is 0.943 bits per heavy atom. The lowest BCUT2D eigenvalue weighted by Gasteiger charge is -2.31. The average Bonchev–Trinajstić information content (AvgIpc) is 2.80. The predicted molar refractivity (Wildman–Crippen MR) is 142 cm³/mol. The molecule has 184 valence electrons. The summed E-state index contributed by atoms with van der Waals surface area (Å²) in [6.45, 7) is 4.74. The summed E-state index contributed by atoms with van der Waals surface area (Å²) in [5, 5.41) is 3.58. The smallest absolute Gasteiger partial charge is 0.261 e. The van der Waals surface area contributed by atoms with Crippen molar-refractivity contribution < 1.29 is 13.2 Å². The van der Waals surface area contributed by atoms with Gasteiger partial charge in [-0.1, -0.05) is 47.5 Å². The fourth-order valence-electron chi connectivity index (χ4n) is 4.17. The molecule has 0 spiro atoms. The minimum Gasteiger partial charge on any atom is -0.326 e. The molecule has 0 atom stereocenters. The van der Waals surface area contributed by atoms with Crippen LogP contribution in [0.5, 0.6) is 0 Å². The van der Waals surface area contributed by atoms with Crippen LogP contribution in [-0.4, -0.2) is 32.3 Å². The van der Waals surface area contributed by atoms with Gasteiger partial charge < -0.3 is 5.32 Å². The van der Waals surface area contributed by atoms with Crippen molar-refractivity contribution in [3.05, 3.63) is 87.9 Å². The molecule has 3 aromatic carbocycles. The molecule has 0 radical (unpaired) electrons. The third-order valence-corrected chi connectivity index (χ3v) is 7.99. The lowest BCUT2D eigenvalue weighted by molar-refractivity contribution is -0.121. The second-order valence-electron chi connectivity index (χ2n) is 8.75. The summed E-state index contributed by atoms with van der Waals surface area (Å²) in [4.78, 5) is 15.2. The second-order valence-corrected chi connectivity index (χ2v) is 11.3. The number of carbonyl (C=O) groups is 1. The van der Waals surface area contributed by atoms with E-state index in [-0.39, 0.29) is 22.4 Å². The van der Waals surface area contributed by atoms with E-state index < -0.39 is 10.0 Å². The van der Waals surface area contributed by atoms with Crippen LogP contribution in [0.1, 0.15) is 24.0 Å². The van der Waals surface area contributed by atoms with Crippen molar-refractivity contribution >= 4 is 50.5 Å². The zero-order valence-corrected chi connectivity index (χ0v) is 21.6. The molecule has 1 saturated heterocycles. The van der Waals surface area contributed by atoms with E-state index in [4.69, 9.17) is 23.2 Å². The summed E-state index contributed by atoms with van der Waals surface area (Å²) >= 11 is 11.9. The molecule has 3 aromatic rings. The van der Waals surface area contributed by atoms with Crippen molar-refractivity contribution in [3.8, 4) is 0 Å². The van der Waals surface area contributed by atoms with Gasteiger partial charge in [-0.2, -0.15) is 0 Å². The number of amides is 1. The molecular weight excluding hydrogens is 505 g/mol. The number of hydrogen-bond acceptors (Lipinski definition) is 4. The standard InChI is InChI=1S/C26H27Cl2N3O3S/c1-18-4-2-3-5-20(18)17-31-12-10-19(11-13-31)26(32)29-23-6-8-25(9-7-23)35(33,34)30-24-15-21(27)14-22(28)16-24/h2-9,14-16,19,30H,10-13,17H2,1H3,(H,29,32). The Balaban J connectivity index is 1.31.